The van der Waals surface area contributed by atoms with Crippen LogP contribution < -0.4 is 0 Å². The maximum absolute atomic E-state index is 3.24. The molecule has 2 aromatic carbocycles. The van der Waals surface area contributed by atoms with Crippen molar-refractivity contribution in [1.82, 2.24) is 0 Å². The molecule has 0 aliphatic rings. The van der Waals surface area contributed by atoms with Crippen LogP contribution in [0, 0.1) is 13.0 Å². The molecule has 1 radical (unpaired) electrons. The standard InChI is InChI=1S/C14H13.Y/c1-12-7-5-6-10-14(12)11-13-8-3-2-4-9-13;/h2-8,10H,11H2,1H3;/q-1;. The fourth-order valence-electron chi connectivity index (χ4n) is 1.55. The van der Waals surface area contributed by atoms with Crippen LogP contribution in [-0.2, 0) is 39.1 Å². The average Bonchev–Trinajstić information content (AvgIpc) is 2.23. The van der Waals surface area contributed by atoms with Gasteiger partial charge in [-0.1, -0.05) is 24.3 Å². The molecule has 2 aromatic rings. The van der Waals surface area contributed by atoms with E-state index in [1.807, 2.05) is 12.1 Å². The monoisotopic (exact) mass is 270 g/mol. The van der Waals surface area contributed by atoms with E-state index in [0.29, 0.717) is 0 Å². The number of hydrogen-bond acceptors (Lipinski definition) is 0. The van der Waals surface area contributed by atoms with Crippen molar-refractivity contribution in [3.63, 3.8) is 0 Å². The summed E-state index contributed by atoms with van der Waals surface area (Å²) in [4.78, 5) is 0. The molecule has 0 atom stereocenters. The van der Waals surface area contributed by atoms with Crippen LogP contribution >= 0.6 is 0 Å². The van der Waals surface area contributed by atoms with Crippen LogP contribution in [0.4, 0.5) is 0 Å². The molecule has 0 aliphatic heterocycles. The van der Waals surface area contributed by atoms with Gasteiger partial charge in [-0.25, -0.2) is 0 Å². The second-order valence-corrected chi connectivity index (χ2v) is 3.49. The smallest absolute Gasteiger partial charge is 0 e. The number of hydrogen-bond donors (Lipinski definition) is 0. The van der Waals surface area contributed by atoms with Crippen molar-refractivity contribution >= 4 is 0 Å². The van der Waals surface area contributed by atoms with E-state index >= 15 is 0 Å². The van der Waals surface area contributed by atoms with Crippen molar-refractivity contribution in [2.24, 2.45) is 0 Å². The van der Waals surface area contributed by atoms with Gasteiger partial charge in [-0.05, 0) is 24.5 Å². The number of rotatable bonds is 2. The zero-order valence-corrected chi connectivity index (χ0v) is 11.7. The molecule has 0 aliphatic carbocycles. The Morgan fingerprint density at radius 2 is 1.73 bits per heavy atom. The van der Waals surface area contributed by atoms with E-state index in [1.165, 1.54) is 16.7 Å². The normalized spacial score (nSPS) is 9.40. The molecule has 0 fully saturated rings. The van der Waals surface area contributed by atoms with Crippen LogP contribution in [0.1, 0.15) is 16.7 Å². The van der Waals surface area contributed by atoms with E-state index in [0.717, 1.165) is 6.42 Å². The van der Waals surface area contributed by atoms with Gasteiger partial charge in [0.25, 0.3) is 0 Å². The summed E-state index contributed by atoms with van der Waals surface area (Å²) >= 11 is 0. The predicted molar refractivity (Wildman–Crippen MR) is 59.3 cm³/mol. The van der Waals surface area contributed by atoms with Gasteiger partial charge in [0.1, 0.15) is 0 Å². The van der Waals surface area contributed by atoms with Crippen molar-refractivity contribution in [1.29, 1.82) is 0 Å². The quantitative estimate of drug-likeness (QED) is 0.734. The summed E-state index contributed by atoms with van der Waals surface area (Å²) in [7, 11) is 0. The third-order valence-corrected chi connectivity index (χ3v) is 2.42. The summed E-state index contributed by atoms with van der Waals surface area (Å²) in [5, 5.41) is 0. The van der Waals surface area contributed by atoms with Crippen LogP contribution in [0.25, 0.3) is 0 Å². The summed E-state index contributed by atoms with van der Waals surface area (Å²) in [6.07, 6.45) is 0.980. The first-order chi connectivity index (χ1) is 6.86. The van der Waals surface area contributed by atoms with Gasteiger partial charge in [-0.2, -0.15) is 35.9 Å². The van der Waals surface area contributed by atoms with Crippen LogP contribution in [0.15, 0.2) is 48.5 Å². The Balaban J connectivity index is 0.00000112. The largest absolute Gasteiger partial charge is 0.180 e. The van der Waals surface area contributed by atoms with Gasteiger partial charge in [0.2, 0.25) is 0 Å². The van der Waals surface area contributed by atoms with Crippen molar-refractivity contribution in [3.05, 3.63) is 71.3 Å². The predicted octanol–water partition coefficient (Wildman–Crippen LogP) is 3.38. The zero-order chi connectivity index (χ0) is 9.80. The number of aryl methyl sites for hydroxylation is 1. The third-order valence-electron chi connectivity index (χ3n) is 2.42. The molecule has 0 saturated heterocycles. The van der Waals surface area contributed by atoms with Gasteiger partial charge in [0.05, 0.1) is 0 Å². The van der Waals surface area contributed by atoms with Crippen molar-refractivity contribution in [3.8, 4) is 0 Å². The molecular formula is C14H13Y-. The summed E-state index contributed by atoms with van der Waals surface area (Å²) in [5.41, 5.74) is 3.99. The minimum absolute atomic E-state index is 0. The van der Waals surface area contributed by atoms with Gasteiger partial charge in [0.15, 0.2) is 0 Å². The summed E-state index contributed by atoms with van der Waals surface area (Å²) in [6, 6.07) is 19.9. The first kappa shape index (κ1) is 12.6. The van der Waals surface area contributed by atoms with Gasteiger partial charge in [-0.15, -0.1) is 0 Å². The Kier molecular flexibility index (Phi) is 5.21. The minimum atomic E-state index is 0. The molecule has 0 aromatic heterocycles. The Bertz CT molecular complexity index is 407. The third kappa shape index (κ3) is 3.55. The summed E-state index contributed by atoms with van der Waals surface area (Å²) in [6.45, 7) is 2.15. The van der Waals surface area contributed by atoms with Crippen molar-refractivity contribution < 1.29 is 32.7 Å². The molecule has 2 rings (SSSR count). The molecule has 0 amide bonds. The van der Waals surface area contributed by atoms with Crippen LogP contribution in [0.5, 0.6) is 0 Å². The van der Waals surface area contributed by atoms with E-state index in [-0.39, 0.29) is 32.7 Å². The Morgan fingerprint density at radius 1 is 1.00 bits per heavy atom. The Labute approximate surface area is 117 Å². The molecular weight excluding hydrogens is 257 g/mol. The second kappa shape index (κ2) is 6.20. The van der Waals surface area contributed by atoms with E-state index in [4.69, 9.17) is 0 Å². The minimum Gasteiger partial charge on any atom is -0.180 e. The van der Waals surface area contributed by atoms with Crippen molar-refractivity contribution in [2.45, 2.75) is 13.3 Å². The summed E-state index contributed by atoms with van der Waals surface area (Å²) in [5.74, 6) is 0. The SMILES string of the molecule is Cc1ccccc1Cc1[c-]cccc1.[Y]. The fourth-order valence-corrected chi connectivity index (χ4v) is 1.55. The number of benzene rings is 2. The summed E-state index contributed by atoms with van der Waals surface area (Å²) < 4.78 is 0. The Morgan fingerprint density at radius 3 is 2.40 bits per heavy atom. The molecule has 1 heteroatoms. The maximum atomic E-state index is 3.24. The maximum Gasteiger partial charge on any atom is 0 e. The molecule has 0 saturated carbocycles. The molecule has 73 valence electrons. The van der Waals surface area contributed by atoms with Crippen molar-refractivity contribution in [2.75, 3.05) is 0 Å². The van der Waals surface area contributed by atoms with E-state index in [2.05, 4.69) is 49.4 Å². The van der Waals surface area contributed by atoms with Gasteiger partial charge in [0, 0.05) is 32.7 Å². The zero-order valence-electron chi connectivity index (χ0n) is 8.90. The molecule has 0 unspecified atom stereocenters. The van der Waals surface area contributed by atoms with Crippen LogP contribution in [-0.4, -0.2) is 0 Å². The van der Waals surface area contributed by atoms with E-state index < -0.39 is 0 Å². The first-order valence-corrected chi connectivity index (χ1v) is 4.86. The molecule has 0 bridgehead atoms. The molecule has 0 nitrogen and oxygen atoms in total. The molecule has 0 heterocycles. The van der Waals surface area contributed by atoms with E-state index in [1.54, 1.807) is 0 Å². The van der Waals surface area contributed by atoms with Crippen LogP contribution in [0.3, 0.4) is 0 Å². The van der Waals surface area contributed by atoms with Crippen LogP contribution in [0.2, 0.25) is 0 Å². The Hall–Kier alpha value is -0.456. The van der Waals surface area contributed by atoms with Gasteiger partial charge in [-0.3, -0.25) is 0 Å². The first-order valence-electron chi connectivity index (χ1n) is 4.86. The molecule has 15 heavy (non-hydrogen) atoms. The average molecular weight is 270 g/mol. The topological polar surface area (TPSA) is 0 Å². The molecule has 0 spiro atoms. The fraction of sp³-hybridized carbons (Fsp3) is 0.143. The van der Waals surface area contributed by atoms with E-state index in [9.17, 15) is 0 Å². The second-order valence-electron chi connectivity index (χ2n) is 3.49. The van der Waals surface area contributed by atoms with Gasteiger partial charge >= 0.3 is 0 Å². The molecule has 0 N–H and O–H groups in total. The van der Waals surface area contributed by atoms with Gasteiger partial charge < -0.3 is 0 Å².